The van der Waals surface area contributed by atoms with Crippen molar-refractivity contribution >= 4 is 5.97 Å². The smallest absolute Gasteiger partial charge is 0.331 e. The maximum absolute atomic E-state index is 10.8. The van der Waals surface area contributed by atoms with Gasteiger partial charge in [-0.3, -0.25) is 0 Å². The standard InChI is InChI=1S/C9H10O3/c10-7-3-1-2-5-9(7)6-4-8(11)12-9/h1,3-4,6-7,10H,2,5H2. The molecular formula is C9H10O3. The average molecular weight is 166 g/mol. The Morgan fingerprint density at radius 2 is 2.50 bits per heavy atom. The third kappa shape index (κ3) is 0.975. The highest BCUT2D eigenvalue weighted by Crippen LogP contribution is 2.32. The van der Waals surface area contributed by atoms with E-state index in [-0.39, 0.29) is 5.97 Å². The Balaban J connectivity index is 2.27. The lowest BCUT2D eigenvalue weighted by molar-refractivity contribution is -0.153. The lowest BCUT2D eigenvalue weighted by atomic mass is 9.87. The molecule has 0 aromatic rings. The van der Waals surface area contributed by atoms with Gasteiger partial charge < -0.3 is 9.84 Å². The molecule has 0 radical (unpaired) electrons. The van der Waals surface area contributed by atoms with Gasteiger partial charge in [-0.25, -0.2) is 4.79 Å². The number of carbonyl (C=O) groups excluding carboxylic acids is 1. The summed E-state index contributed by atoms with van der Waals surface area (Å²) in [6.45, 7) is 0. The van der Waals surface area contributed by atoms with Gasteiger partial charge in [-0.1, -0.05) is 12.2 Å². The summed E-state index contributed by atoms with van der Waals surface area (Å²) in [5.41, 5.74) is -0.758. The number of rotatable bonds is 0. The molecule has 2 unspecified atom stereocenters. The van der Waals surface area contributed by atoms with E-state index in [0.29, 0.717) is 6.42 Å². The molecule has 2 rings (SSSR count). The van der Waals surface area contributed by atoms with Gasteiger partial charge in [0.15, 0.2) is 5.60 Å². The summed E-state index contributed by atoms with van der Waals surface area (Å²) in [6.07, 6.45) is 7.43. The van der Waals surface area contributed by atoms with Gasteiger partial charge in [0.25, 0.3) is 0 Å². The second-order valence-corrected chi connectivity index (χ2v) is 3.12. The molecular weight excluding hydrogens is 156 g/mol. The van der Waals surface area contributed by atoms with Gasteiger partial charge >= 0.3 is 5.97 Å². The van der Waals surface area contributed by atoms with Crippen LogP contribution in [0, 0.1) is 0 Å². The average Bonchev–Trinajstić information content (AvgIpc) is 2.41. The molecule has 0 aromatic carbocycles. The Morgan fingerprint density at radius 3 is 3.08 bits per heavy atom. The fourth-order valence-electron chi connectivity index (χ4n) is 1.60. The molecule has 1 aliphatic carbocycles. The highest BCUT2D eigenvalue weighted by molar-refractivity contribution is 5.85. The predicted octanol–water partition coefficient (Wildman–Crippen LogP) is 0.549. The largest absolute Gasteiger partial charge is 0.448 e. The zero-order valence-electron chi connectivity index (χ0n) is 6.56. The summed E-state index contributed by atoms with van der Waals surface area (Å²) in [5.74, 6) is -0.357. The Labute approximate surface area is 70.3 Å². The molecule has 3 heteroatoms. The van der Waals surface area contributed by atoms with Crippen LogP contribution in [0.25, 0.3) is 0 Å². The van der Waals surface area contributed by atoms with Crippen LogP contribution in [0.1, 0.15) is 12.8 Å². The van der Waals surface area contributed by atoms with E-state index in [1.54, 1.807) is 12.2 Å². The molecule has 12 heavy (non-hydrogen) atoms. The topological polar surface area (TPSA) is 46.5 Å². The van der Waals surface area contributed by atoms with Crippen molar-refractivity contribution in [2.75, 3.05) is 0 Å². The third-order valence-electron chi connectivity index (χ3n) is 2.31. The first-order valence-electron chi connectivity index (χ1n) is 4.00. The van der Waals surface area contributed by atoms with Gasteiger partial charge in [0.05, 0.1) is 0 Å². The minimum atomic E-state index is -0.758. The van der Waals surface area contributed by atoms with E-state index in [0.717, 1.165) is 6.42 Å². The Kier molecular flexibility index (Phi) is 1.54. The number of aliphatic hydroxyl groups excluding tert-OH is 1. The molecule has 1 aliphatic heterocycles. The van der Waals surface area contributed by atoms with E-state index in [4.69, 9.17) is 4.74 Å². The first-order chi connectivity index (χ1) is 5.73. The maximum atomic E-state index is 10.8. The van der Waals surface area contributed by atoms with Crippen molar-refractivity contribution in [3.8, 4) is 0 Å². The zero-order valence-corrected chi connectivity index (χ0v) is 6.56. The van der Waals surface area contributed by atoms with Crippen LogP contribution < -0.4 is 0 Å². The van der Waals surface area contributed by atoms with Gasteiger partial charge in [0, 0.05) is 6.08 Å². The maximum Gasteiger partial charge on any atom is 0.331 e. The molecule has 3 nitrogen and oxygen atoms in total. The van der Waals surface area contributed by atoms with E-state index < -0.39 is 11.7 Å². The van der Waals surface area contributed by atoms with Crippen LogP contribution in [0.15, 0.2) is 24.3 Å². The second-order valence-electron chi connectivity index (χ2n) is 3.12. The minimum Gasteiger partial charge on any atom is -0.448 e. The van der Waals surface area contributed by atoms with E-state index in [9.17, 15) is 9.90 Å². The van der Waals surface area contributed by atoms with Crippen molar-refractivity contribution in [3.05, 3.63) is 24.3 Å². The fourth-order valence-corrected chi connectivity index (χ4v) is 1.60. The van der Waals surface area contributed by atoms with Crippen molar-refractivity contribution in [1.82, 2.24) is 0 Å². The molecule has 2 atom stereocenters. The van der Waals surface area contributed by atoms with Gasteiger partial charge in [-0.15, -0.1) is 0 Å². The van der Waals surface area contributed by atoms with Crippen LogP contribution >= 0.6 is 0 Å². The van der Waals surface area contributed by atoms with E-state index in [1.165, 1.54) is 6.08 Å². The molecule has 0 saturated carbocycles. The van der Waals surface area contributed by atoms with Gasteiger partial charge in [0.1, 0.15) is 6.10 Å². The molecule has 64 valence electrons. The van der Waals surface area contributed by atoms with Crippen LogP contribution in [0.3, 0.4) is 0 Å². The minimum absolute atomic E-state index is 0.357. The van der Waals surface area contributed by atoms with E-state index in [2.05, 4.69) is 0 Å². The predicted molar refractivity (Wildman–Crippen MR) is 42.3 cm³/mol. The number of esters is 1. The summed E-state index contributed by atoms with van der Waals surface area (Å²) in [7, 11) is 0. The van der Waals surface area contributed by atoms with Crippen LogP contribution in [0.2, 0.25) is 0 Å². The van der Waals surface area contributed by atoms with Crippen molar-refractivity contribution in [1.29, 1.82) is 0 Å². The number of hydrogen-bond donors (Lipinski definition) is 1. The number of hydrogen-bond acceptors (Lipinski definition) is 3. The molecule has 2 aliphatic rings. The van der Waals surface area contributed by atoms with Crippen LogP contribution in [-0.2, 0) is 9.53 Å². The van der Waals surface area contributed by atoms with Gasteiger partial charge in [0.2, 0.25) is 0 Å². The molecule has 0 saturated heterocycles. The number of carbonyl (C=O) groups is 1. The zero-order chi connectivity index (χ0) is 8.60. The SMILES string of the molecule is O=C1C=CC2(CCC=CC2O)O1. The molecule has 1 N–H and O–H groups in total. The first-order valence-corrected chi connectivity index (χ1v) is 4.00. The molecule has 0 amide bonds. The molecule has 1 heterocycles. The number of aliphatic hydroxyl groups is 1. The van der Waals surface area contributed by atoms with E-state index >= 15 is 0 Å². The second kappa shape index (κ2) is 2.45. The van der Waals surface area contributed by atoms with Crippen LogP contribution in [-0.4, -0.2) is 22.8 Å². The van der Waals surface area contributed by atoms with Crippen LogP contribution in [0.5, 0.6) is 0 Å². The van der Waals surface area contributed by atoms with Crippen molar-refractivity contribution < 1.29 is 14.6 Å². The Bertz CT molecular complexity index is 267. The summed E-state index contributed by atoms with van der Waals surface area (Å²) in [4.78, 5) is 10.8. The number of ether oxygens (including phenoxy) is 1. The monoisotopic (exact) mass is 166 g/mol. The van der Waals surface area contributed by atoms with Gasteiger partial charge in [-0.2, -0.15) is 0 Å². The Morgan fingerprint density at radius 1 is 1.67 bits per heavy atom. The fraction of sp³-hybridized carbons (Fsp3) is 0.444. The molecule has 0 bridgehead atoms. The van der Waals surface area contributed by atoms with Crippen LogP contribution in [0.4, 0.5) is 0 Å². The summed E-state index contributed by atoms with van der Waals surface area (Å²) >= 11 is 0. The molecule has 1 spiro atoms. The summed E-state index contributed by atoms with van der Waals surface area (Å²) in [5, 5.41) is 9.56. The summed E-state index contributed by atoms with van der Waals surface area (Å²) < 4.78 is 5.05. The highest BCUT2D eigenvalue weighted by Gasteiger charge is 2.42. The normalized spacial score (nSPS) is 39.1. The first kappa shape index (κ1) is 7.55. The number of allylic oxidation sites excluding steroid dienone is 1. The third-order valence-corrected chi connectivity index (χ3v) is 2.31. The van der Waals surface area contributed by atoms with Crippen molar-refractivity contribution in [2.24, 2.45) is 0 Å². The molecule has 0 aromatic heterocycles. The highest BCUT2D eigenvalue weighted by atomic mass is 16.6. The Hall–Kier alpha value is -1.09. The van der Waals surface area contributed by atoms with Crippen molar-refractivity contribution in [3.63, 3.8) is 0 Å². The quantitative estimate of drug-likeness (QED) is 0.422. The summed E-state index contributed by atoms with van der Waals surface area (Å²) in [6, 6.07) is 0. The van der Waals surface area contributed by atoms with Gasteiger partial charge in [-0.05, 0) is 18.9 Å². The van der Waals surface area contributed by atoms with Crippen molar-refractivity contribution in [2.45, 2.75) is 24.5 Å². The lowest BCUT2D eigenvalue weighted by Crippen LogP contribution is -2.42. The van der Waals surface area contributed by atoms with E-state index in [1.807, 2.05) is 6.08 Å². The molecule has 0 fully saturated rings. The lowest BCUT2D eigenvalue weighted by Gasteiger charge is -2.32.